The van der Waals surface area contributed by atoms with Gasteiger partial charge in [0.15, 0.2) is 5.58 Å². The number of nitrogens with zero attached hydrogens (tertiary/aromatic N) is 2. The Morgan fingerprint density at radius 3 is 1.63 bits per heavy atom. The normalized spacial score (nSPS) is 11.7. The Labute approximate surface area is 376 Å². The number of fused-ring (bicyclic) bond motifs is 9. The van der Waals surface area contributed by atoms with Crippen LogP contribution in [0.5, 0.6) is 0 Å². The number of aromatic nitrogens is 1. The largest absolute Gasteiger partial charge is 0.454 e. The van der Waals surface area contributed by atoms with Crippen LogP contribution in [0.25, 0.3) is 104 Å². The highest BCUT2D eigenvalue weighted by Crippen LogP contribution is 2.46. The van der Waals surface area contributed by atoms with Gasteiger partial charge in [-0.1, -0.05) is 176 Å². The molecule has 304 valence electrons. The average molecular weight is 829 g/mol. The van der Waals surface area contributed by atoms with E-state index in [1.54, 1.807) is 0 Å². The molecule has 0 N–H and O–H groups in total. The Morgan fingerprint density at radius 1 is 0.338 bits per heavy atom. The molecule has 2 heterocycles. The fourth-order valence-electron chi connectivity index (χ4n) is 10.1. The van der Waals surface area contributed by atoms with Crippen LogP contribution < -0.4 is 4.90 Å². The summed E-state index contributed by atoms with van der Waals surface area (Å²) in [4.78, 5) is 2.35. The summed E-state index contributed by atoms with van der Waals surface area (Å²) in [7, 11) is 0. The van der Waals surface area contributed by atoms with Crippen LogP contribution >= 0.6 is 0 Å². The van der Waals surface area contributed by atoms with Crippen molar-refractivity contribution in [3.05, 3.63) is 243 Å². The lowest BCUT2D eigenvalue weighted by atomic mass is 9.97. The van der Waals surface area contributed by atoms with Crippen LogP contribution in [0, 0.1) is 0 Å². The van der Waals surface area contributed by atoms with Crippen LogP contribution in [0.4, 0.5) is 17.1 Å². The number of hydrogen-bond acceptors (Lipinski definition) is 2. The molecule has 0 aliphatic carbocycles. The fraction of sp³-hybridized carbons (Fsp3) is 0. The zero-order valence-corrected chi connectivity index (χ0v) is 35.4. The van der Waals surface area contributed by atoms with Gasteiger partial charge in [-0.15, -0.1) is 0 Å². The van der Waals surface area contributed by atoms with E-state index in [-0.39, 0.29) is 0 Å². The second-order valence-electron chi connectivity index (χ2n) is 16.9. The molecule has 13 rings (SSSR count). The van der Waals surface area contributed by atoms with Crippen molar-refractivity contribution in [2.24, 2.45) is 0 Å². The highest BCUT2D eigenvalue weighted by molar-refractivity contribution is 6.23. The highest BCUT2D eigenvalue weighted by atomic mass is 16.3. The van der Waals surface area contributed by atoms with Gasteiger partial charge in [0.25, 0.3) is 0 Å². The van der Waals surface area contributed by atoms with Crippen molar-refractivity contribution < 1.29 is 4.42 Å². The number of hydrogen-bond donors (Lipinski definition) is 0. The number of furan rings is 1. The molecule has 3 heteroatoms. The first kappa shape index (κ1) is 36.9. The Kier molecular flexibility index (Phi) is 8.53. The molecular weight excluding hydrogens is 789 g/mol. The van der Waals surface area contributed by atoms with Gasteiger partial charge in [0.1, 0.15) is 5.58 Å². The lowest BCUT2D eigenvalue weighted by Gasteiger charge is -2.26. The Hall–Kier alpha value is -8.66. The minimum absolute atomic E-state index is 0.866. The van der Waals surface area contributed by atoms with Crippen molar-refractivity contribution in [3.8, 4) is 39.1 Å². The summed E-state index contributed by atoms with van der Waals surface area (Å²) < 4.78 is 9.18. The van der Waals surface area contributed by atoms with Gasteiger partial charge in [0, 0.05) is 38.6 Å². The first-order valence-corrected chi connectivity index (χ1v) is 22.2. The van der Waals surface area contributed by atoms with E-state index in [0.29, 0.717) is 0 Å². The van der Waals surface area contributed by atoms with Crippen LogP contribution in [0.2, 0.25) is 0 Å². The molecule has 0 aliphatic heterocycles. The summed E-state index contributed by atoms with van der Waals surface area (Å²) in [5.74, 6) is 0. The number of rotatable bonds is 7. The van der Waals surface area contributed by atoms with E-state index >= 15 is 0 Å². The minimum Gasteiger partial charge on any atom is -0.454 e. The summed E-state index contributed by atoms with van der Waals surface area (Å²) in [6.45, 7) is 0. The average Bonchev–Trinajstić information content (AvgIpc) is 3.94. The maximum absolute atomic E-state index is 6.82. The van der Waals surface area contributed by atoms with Crippen LogP contribution in [0.15, 0.2) is 247 Å². The topological polar surface area (TPSA) is 21.3 Å². The van der Waals surface area contributed by atoms with Crippen molar-refractivity contribution >= 4 is 82.4 Å². The van der Waals surface area contributed by atoms with Gasteiger partial charge in [-0.05, 0) is 122 Å². The second kappa shape index (κ2) is 15.0. The molecule has 2 aromatic heterocycles. The zero-order valence-electron chi connectivity index (χ0n) is 35.4. The van der Waals surface area contributed by atoms with Crippen LogP contribution in [0.3, 0.4) is 0 Å². The monoisotopic (exact) mass is 828 g/mol. The van der Waals surface area contributed by atoms with Gasteiger partial charge in [0.05, 0.1) is 16.7 Å². The Bertz CT molecular complexity index is 3910. The smallest absolute Gasteiger partial charge is 0.160 e. The molecule has 0 saturated carbocycles. The first-order valence-electron chi connectivity index (χ1n) is 22.2. The molecule has 0 aliphatic rings. The van der Waals surface area contributed by atoms with Gasteiger partial charge in [-0.3, -0.25) is 0 Å². The third-order valence-corrected chi connectivity index (χ3v) is 13.2. The van der Waals surface area contributed by atoms with E-state index in [1.807, 2.05) is 6.07 Å². The number of para-hydroxylation sites is 3. The Morgan fingerprint density at radius 2 is 0.877 bits per heavy atom. The quantitative estimate of drug-likeness (QED) is 0.160. The van der Waals surface area contributed by atoms with Gasteiger partial charge >= 0.3 is 0 Å². The highest BCUT2D eigenvalue weighted by Gasteiger charge is 2.22. The van der Waals surface area contributed by atoms with Crippen LogP contribution in [-0.4, -0.2) is 4.57 Å². The van der Waals surface area contributed by atoms with Crippen molar-refractivity contribution in [1.82, 2.24) is 4.57 Å². The van der Waals surface area contributed by atoms with E-state index in [4.69, 9.17) is 4.42 Å². The van der Waals surface area contributed by atoms with Crippen molar-refractivity contribution in [1.29, 1.82) is 0 Å². The maximum atomic E-state index is 6.82. The minimum atomic E-state index is 0.866. The third kappa shape index (κ3) is 6.12. The van der Waals surface area contributed by atoms with Crippen molar-refractivity contribution in [2.45, 2.75) is 0 Å². The van der Waals surface area contributed by atoms with Crippen LogP contribution in [0.1, 0.15) is 0 Å². The molecular formula is C62H40N2O. The van der Waals surface area contributed by atoms with E-state index < -0.39 is 0 Å². The van der Waals surface area contributed by atoms with E-state index in [2.05, 4.69) is 246 Å². The molecule has 0 radical (unpaired) electrons. The predicted octanol–water partition coefficient (Wildman–Crippen LogP) is 17.5. The van der Waals surface area contributed by atoms with Crippen molar-refractivity contribution in [3.63, 3.8) is 0 Å². The summed E-state index contributed by atoms with van der Waals surface area (Å²) in [6, 6.07) is 87.5. The SMILES string of the molecule is c1ccc(-n2c3ccccc3c3cc(-c4ccc(-c5ccc(N(c6ccc(-c7cccc8ccccc78)cc6)c6cc7ccccc7c7c6oc6ccccc67)cc5)cc4)ccc32)cc1. The van der Waals surface area contributed by atoms with E-state index in [9.17, 15) is 0 Å². The standard InChI is InChI=1S/C62H40N2O/c1-2-16-48(17-3-1)64-57-23-10-8-20-54(57)56-39-46(33-38-58(56)64)43-27-25-41(26-28-43)42-29-34-49(35-30-42)63(50-36-31-45(32-37-50)52-22-12-15-44-13-4-6-18-51(44)52)59-40-47-14-5-7-19-53(47)61-55-21-9-11-24-60(55)65-62(59)61/h1-40H. The number of anilines is 3. The summed E-state index contributed by atoms with van der Waals surface area (Å²) in [6.07, 6.45) is 0. The van der Waals surface area contributed by atoms with Gasteiger partial charge in [0.2, 0.25) is 0 Å². The molecule has 0 atom stereocenters. The number of benzene rings is 11. The predicted molar refractivity (Wildman–Crippen MR) is 274 cm³/mol. The third-order valence-electron chi connectivity index (χ3n) is 13.2. The van der Waals surface area contributed by atoms with Gasteiger partial charge < -0.3 is 13.9 Å². The summed E-state index contributed by atoms with van der Waals surface area (Å²) in [5, 5.41) is 9.57. The van der Waals surface area contributed by atoms with Crippen molar-refractivity contribution in [2.75, 3.05) is 4.90 Å². The summed E-state index contributed by atoms with van der Waals surface area (Å²) >= 11 is 0. The molecule has 0 unspecified atom stereocenters. The molecule has 11 aromatic carbocycles. The summed E-state index contributed by atoms with van der Waals surface area (Å²) in [5.41, 5.74) is 15.5. The van der Waals surface area contributed by atoms with E-state index in [0.717, 1.165) is 50.0 Å². The maximum Gasteiger partial charge on any atom is 0.160 e. The molecule has 0 spiro atoms. The van der Waals surface area contributed by atoms with E-state index in [1.165, 1.54) is 71.5 Å². The lowest BCUT2D eigenvalue weighted by molar-refractivity contribution is 0.669. The molecule has 0 bridgehead atoms. The van der Waals surface area contributed by atoms with Crippen LogP contribution in [-0.2, 0) is 0 Å². The lowest BCUT2D eigenvalue weighted by Crippen LogP contribution is -2.10. The Balaban J connectivity index is 0.894. The van der Waals surface area contributed by atoms with Gasteiger partial charge in [-0.25, -0.2) is 0 Å². The molecule has 13 aromatic rings. The second-order valence-corrected chi connectivity index (χ2v) is 16.9. The first-order chi connectivity index (χ1) is 32.2. The molecule has 0 amide bonds. The molecule has 3 nitrogen and oxygen atoms in total. The fourth-order valence-corrected chi connectivity index (χ4v) is 10.1. The molecule has 65 heavy (non-hydrogen) atoms. The van der Waals surface area contributed by atoms with Gasteiger partial charge in [-0.2, -0.15) is 0 Å². The zero-order chi connectivity index (χ0) is 42.8. The molecule has 0 saturated heterocycles. The molecule has 0 fully saturated rings.